The second kappa shape index (κ2) is 9.05. The molecule has 1 saturated heterocycles. The van der Waals surface area contributed by atoms with Crippen LogP contribution in [-0.4, -0.2) is 50.2 Å². The molecule has 1 fully saturated rings. The lowest BCUT2D eigenvalue weighted by molar-refractivity contribution is 0.0376. The maximum atomic E-state index is 13.4. The van der Waals surface area contributed by atoms with Crippen molar-refractivity contribution < 1.29 is 9.53 Å². The third-order valence-corrected chi connectivity index (χ3v) is 6.30. The Hall–Kier alpha value is -1.92. The molecule has 0 spiro atoms. The molecular weight excluding hydrogens is 392 g/mol. The van der Waals surface area contributed by atoms with Crippen LogP contribution >= 0.6 is 22.9 Å². The number of fused-ring (bicyclic) bond motifs is 1. The van der Waals surface area contributed by atoms with Crippen LogP contribution in [0, 0.1) is 0 Å². The van der Waals surface area contributed by atoms with Gasteiger partial charge < -0.3 is 9.64 Å². The Balaban J connectivity index is 1.53. The first-order valence-corrected chi connectivity index (χ1v) is 10.8. The highest BCUT2D eigenvalue weighted by molar-refractivity contribution is 7.20. The average molecular weight is 415 g/mol. The number of carbonyl (C=O) groups is 1. The molecule has 0 saturated carbocycles. The number of halogens is 1. The lowest BCUT2D eigenvalue weighted by Crippen LogP contribution is -2.39. The van der Waals surface area contributed by atoms with E-state index in [1.165, 1.54) is 0 Å². The number of nitrogens with zero attached hydrogens (tertiary/aromatic N) is 2. The van der Waals surface area contributed by atoms with Crippen molar-refractivity contribution in [3.05, 3.63) is 64.5 Å². The molecule has 1 aliphatic heterocycles. The first-order valence-electron chi connectivity index (χ1n) is 9.57. The van der Waals surface area contributed by atoms with Crippen LogP contribution in [0.4, 0.5) is 5.69 Å². The predicted octanol–water partition coefficient (Wildman–Crippen LogP) is 4.92. The van der Waals surface area contributed by atoms with Crippen LogP contribution < -0.4 is 4.90 Å². The quantitative estimate of drug-likeness (QED) is 0.573. The molecule has 0 radical (unpaired) electrons. The third kappa shape index (κ3) is 4.55. The summed E-state index contributed by atoms with van der Waals surface area (Å²) in [5, 5.41) is 1.75. The molecule has 0 bridgehead atoms. The molecule has 1 aliphatic rings. The molecule has 4 rings (SSSR count). The molecule has 28 heavy (non-hydrogen) atoms. The fourth-order valence-corrected chi connectivity index (χ4v) is 4.69. The van der Waals surface area contributed by atoms with Crippen LogP contribution in [0.25, 0.3) is 10.1 Å². The summed E-state index contributed by atoms with van der Waals surface area (Å²) in [6.45, 7) is 5.12. The summed E-state index contributed by atoms with van der Waals surface area (Å²) < 4.78 is 6.54. The first kappa shape index (κ1) is 19.4. The largest absolute Gasteiger partial charge is 0.379 e. The van der Waals surface area contributed by atoms with Crippen molar-refractivity contribution in [2.45, 2.75) is 6.42 Å². The molecule has 6 heteroatoms. The normalized spacial score (nSPS) is 15.0. The highest BCUT2D eigenvalue weighted by atomic mass is 35.5. The highest BCUT2D eigenvalue weighted by Gasteiger charge is 2.21. The number of thiophene rings is 1. The molecule has 2 aromatic carbocycles. The molecule has 146 valence electrons. The Kier molecular flexibility index (Phi) is 6.27. The number of amides is 1. The Morgan fingerprint density at radius 3 is 2.71 bits per heavy atom. The minimum Gasteiger partial charge on any atom is -0.379 e. The highest BCUT2D eigenvalue weighted by Crippen LogP contribution is 2.29. The summed E-state index contributed by atoms with van der Waals surface area (Å²) >= 11 is 7.75. The minimum absolute atomic E-state index is 0.0328. The van der Waals surface area contributed by atoms with Crippen molar-refractivity contribution >= 4 is 44.6 Å². The van der Waals surface area contributed by atoms with Crippen molar-refractivity contribution in [1.82, 2.24) is 4.90 Å². The van der Waals surface area contributed by atoms with E-state index in [9.17, 15) is 4.79 Å². The molecule has 1 aromatic heterocycles. The van der Waals surface area contributed by atoms with Crippen molar-refractivity contribution in [3.63, 3.8) is 0 Å². The van der Waals surface area contributed by atoms with Gasteiger partial charge in [-0.1, -0.05) is 35.9 Å². The molecule has 0 unspecified atom stereocenters. The number of carbonyl (C=O) groups excluding carboxylic acids is 1. The van der Waals surface area contributed by atoms with Gasteiger partial charge in [-0.25, -0.2) is 0 Å². The number of anilines is 1. The van der Waals surface area contributed by atoms with E-state index in [2.05, 4.69) is 11.0 Å². The van der Waals surface area contributed by atoms with E-state index in [4.69, 9.17) is 16.3 Å². The summed E-state index contributed by atoms with van der Waals surface area (Å²) in [5.74, 6) is 0.0328. The molecule has 3 aromatic rings. The van der Waals surface area contributed by atoms with Gasteiger partial charge in [-0.2, -0.15) is 0 Å². The fourth-order valence-electron chi connectivity index (χ4n) is 3.49. The Morgan fingerprint density at radius 1 is 1.11 bits per heavy atom. The summed E-state index contributed by atoms with van der Waals surface area (Å²) in [4.78, 5) is 18.4. The van der Waals surface area contributed by atoms with Crippen molar-refractivity contribution in [2.24, 2.45) is 0 Å². The average Bonchev–Trinajstić information content (AvgIpc) is 3.16. The standard InChI is InChI=1S/C22H23ClN2O2S/c23-18-6-3-7-19(16-18)25(10-4-9-24-11-13-27-14-12-24)22(26)21-15-17-5-1-2-8-20(17)28-21/h1-3,5-8,15-16H,4,9-14H2. The van der Waals surface area contributed by atoms with Gasteiger partial charge in [0, 0.05) is 41.6 Å². The smallest absolute Gasteiger partial charge is 0.268 e. The molecule has 0 aliphatic carbocycles. The number of hydrogen-bond donors (Lipinski definition) is 0. The summed E-state index contributed by atoms with van der Waals surface area (Å²) in [6.07, 6.45) is 0.906. The predicted molar refractivity (Wildman–Crippen MR) is 117 cm³/mol. The van der Waals surface area contributed by atoms with Gasteiger partial charge in [0.05, 0.1) is 18.1 Å². The molecule has 1 amide bonds. The van der Waals surface area contributed by atoms with Crippen LogP contribution in [0.2, 0.25) is 5.02 Å². The lowest BCUT2D eigenvalue weighted by Gasteiger charge is -2.28. The van der Waals surface area contributed by atoms with Gasteiger partial charge in [0.25, 0.3) is 5.91 Å². The van der Waals surface area contributed by atoms with E-state index in [1.54, 1.807) is 11.3 Å². The summed E-state index contributed by atoms with van der Waals surface area (Å²) in [7, 11) is 0. The number of hydrogen-bond acceptors (Lipinski definition) is 4. The van der Waals surface area contributed by atoms with Crippen LogP contribution in [0.15, 0.2) is 54.6 Å². The molecule has 0 atom stereocenters. The number of morpholine rings is 1. The van der Waals surface area contributed by atoms with Gasteiger partial charge in [0.1, 0.15) is 0 Å². The number of rotatable bonds is 6. The zero-order valence-electron chi connectivity index (χ0n) is 15.6. The van der Waals surface area contributed by atoms with Gasteiger partial charge in [-0.05, 0) is 42.1 Å². The van der Waals surface area contributed by atoms with Gasteiger partial charge >= 0.3 is 0 Å². The zero-order valence-corrected chi connectivity index (χ0v) is 17.2. The van der Waals surface area contributed by atoms with E-state index in [0.29, 0.717) is 11.6 Å². The molecular formula is C22H23ClN2O2S. The fraction of sp³-hybridized carbons (Fsp3) is 0.318. The van der Waals surface area contributed by atoms with Gasteiger partial charge in [-0.15, -0.1) is 11.3 Å². The van der Waals surface area contributed by atoms with Gasteiger partial charge in [-0.3, -0.25) is 9.69 Å². The minimum atomic E-state index is 0.0328. The van der Waals surface area contributed by atoms with Crippen LogP contribution in [0.1, 0.15) is 16.1 Å². The van der Waals surface area contributed by atoms with E-state index >= 15 is 0 Å². The van der Waals surface area contributed by atoms with E-state index in [0.717, 1.165) is 59.9 Å². The maximum Gasteiger partial charge on any atom is 0.268 e. The van der Waals surface area contributed by atoms with E-state index < -0.39 is 0 Å². The monoisotopic (exact) mass is 414 g/mol. The second-order valence-corrected chi connectivity index (χ2v) is 8.41. The SMILES string of the molecule is O=C(c1cc2ccccc2s1)N(CCCN1CCOCC1)c1cccc(Cl)c1. The van der Waals surface area contributed by atoms with Crippen LogP contribution in [0.5, 0.6) is 0 Å². The van der Waals surface area contributed by atoms with Crippen LogP contribution in [0.3, 0.4) is 0 Å². The Morgan fingerprint density at radius 2 is 1.93 bits per heavy atom. The second-order valence-electron chi connectivity index (χ2n) is 6.89. The first-order chi connectivity index (χ1) is 13.7. The Bertz CT molecular complexity index is 919. The third-order valence-electron chi connectivity index (χ3n) is 4.96. The topological polar surface area (TPSA) is 32.8 Å². The maximum absolute atomic E-state index is 13.4. The zero-order chi connectivity index (χ0) is 19.3. The number of benzene rings is 2. The molecule has 0 N–H and O–H groups in total. The van der Waals surface area contributed by atoms with Gasteiger partial charge in [0.15, 0.2) is 0 Å². The summed E-state index contributed by atoms with van der Waals surface area (Å²) in [6, 6.07) is 17.6. The van der Waals surface area contributed by atoms with Gasteiger partial charge in [0.2, 0.25) is 0 Å². The lowest BCUT2D eigenvalue weighted by atomic mass is 10.2. The van der Waals surface area contributed by atoms with Crippen molar-refractivity contribution in [1.29, 1.82) is 0 Å². The molecule has 2 heterocycles. The summed E-state index contributed by atoms with van der Waals surface area (Å²) in [5.41, 5.74) is 0.844. The molecule has 4 nitrogen and oxygen atoms in total. The number of ether oxygens (including phenoxy) is 1. The van der Waals surface area contributed by atoms with Crippen LogP contribution in [-0.2, 0) is 4.74 Å². The van der Waals surface area contributed by atoms with Crippen molar-refractivity contribution in [3.8, 4) is 0 Å². The Labute approximate surface area is 174 Å². The van der Waals surface area contributed by atoms with E-state index in [1.807, 2.05) is 53.4 Å². The van der Waals surface area contributed by atoms with Crippen molar-refractivity contribution in [2.75, 3.05) is 44.3 Å². The van der Waals surface area contributed by atoms with E-state index in [-0.39, 0.29) is 5.91 Å².